The molecule has 1 saturated heterocycles. The molecule has 0 N–H and O–H groups in total. The first-order valence-corrected chi connectivity index (χ1v) is 10.8. The Morgan fingerprint density at radius 3 is 2.45 bits per heavy atom. The van der Waals surface area contributed by atoms with Gasteiger partial charge >= 0.3 is 0 Å². The van der Waals surface area contributed by atoms with Crippen LogP contribution in [0.5, 0.6) is 11.5 Å². The Bertz CT molecular complexity index is 734. The van der Waals surface area contributed by atoms with Gasteiger partial charge in [-0.15, -0.1) is 0 Å². The molecule has 1 aromatic carbocycles. The molecular weight excluding hydrogens is 368 g/mol. The lowest BCUT2D eigenvalue weighted by atomic mass is 9.77. The van der Waals surface area contributed by atoms with Crippen molar-refractivity contribution >= 4 is 5.91 Å². The quantitative estimate of drug-likeness (QED) is 0.702. The van der Waals surface area contributed by atoms with Crippen molar-refractivity contribution < 1.29 is 19.0 Å². The molecule has 6 nitrogen and oxygen atoms in total. The molecule has 3 fully saturated rings. The number of carbonyl (C=O) groups excluding carboxylic acids is 1. The summed E-state index contributed by atoms with van der Waals surface area (Å²) in [6.45, 7) is 2.51. The van der Waals surface area contributed by atoms with Crippen molar-refractivity contribution in [1.82, 2.24) is 9.80 Å². The standard InChI is InChI=1S/C23H34N2O4/c1-24(2)20-9-16-12-25(13-17(16)10-22(20)29-14-15-5-6-15)23(26)19-11-18(27-3)7-8-21(19)28-4/h7-8,11,15-17,20,22H,5-6,9-10,12-14H2,1-4H3/t16-,17+,20-,22-/m1/s1. The minimum Gasteiger partial charge on any atom is -0.497 e. The number of carbonyl (C=O) groups is 1. The largest absolute Gasteiger partial charge is 0.497 e. The lowest BCUT2D eigenvalue weighted by molar-refractivity contribution is -0.0493. The van der Waals surface area contributed by atoms with Crippen LogP contribution in [0, 0.1) is 17.8 Å². The first-order chi connectivity index (χ1) is 14.0. The van der Waals surface area contributed by atoms with E-state index >= 15 is 0 Å². The maximum absolute atomic E-state index is 13.3. The first-order valence-electron chi connectivity index (χ1n) is 10.8. The van der Waals surface area contributed by atoms with Crippen LogP contribution in [0.2, 0.25) is 0 Å². The van der Waals surface area contributed by atoms with Crippen LogP contribution in [-0.4, -0.2) is 75.9 Å². The summed E-state index contributed by atoms with van der Waals surface area (Å²) in [6, 6.07) is 5.84. The van der Waals surface area contributed by atoms with Crippen molar-refractivity contribution in [3.63, 3.8) is 0 Å². The summed E-state index contributed by atoms with van der Waals surface area (Å²) >= 11 is 0. The summed E-state index contributed by atoms with van der Waals surface area (Å²) in [6.07, 6.45) is 5.03. The van der Waals surface area contributed by atoms with E-state index < -0.39 is 0 Å². The summed E-state index contributed by atoms with van der Waals surface area (Å²) in [5, 5.41) is 0. The summed E-state index contributed by atoms with van der Waals surface area (Å²) in [5.74, 6) is 3.12. The van der Waals surface area contributed by atoms with Crippen LogP contribution >= 0.6 is 0 Å². The van der Waals surface area contributed by atoms with E-state index in [1.807, 2.05) is 11.0 Å². The average Bonchev–Trinajstić information content (AvgIpc) is 3.47. The van der Waals surface area contributed by atoms with E-state index in [9.17, 15) is 4.79 Å². The zero-order chi connectivity index (χ0) is 20.5. The van der Waals surface area contributed by atoms with Crippen LogP contribution in [-0.2, 0) is 4.74 Å². The fourth-order valence-electron chi connectivity index (χ4n) is 4.97. The lowest BCUT2D eigenvalue weighted by Gasteiger charge is -2.41. The fraction of sp³-hybridized carbons (Fsp3) is 0.696. The molecule has 1 aromatic rings. The van der Waals surface area contributed by atoms with Gasteiger partial charge in [0.25, 0.3) is 5.91 Å². The lowest BCUT2D eigenvalue weighted by Crippen LogP contribution is -2.48. The number of rotatable bonds is 7. The van der Waals surface area contributed by atoms with Crippen LogP contribution in [0.25, 0.3) is 0 Å². The molecule has 29 heavy (non-hydrogen) atoms. The Labute approximate surface area is 174 Å². The summed E-state index contributed by atoms with van der Waals surface area (Å²) < 4.78 is 17.1. The smallest absolute Gasteiger partial charge is 0.257 e. The SMILES string of the molecule is COc1ccc(OC)c(C(=O)N2C[C@H]3C[C@@H](N(C)C)[C@H](OCC4CC4)C[C@H]3C2)c1. The fourth-order valence-corrected chi connectivity index (χ4v) is 4.97. The maximum Gasteiger partial charge on any atom is 0.257 e. The molecule has 4 rings (SSSR count). The van der Waals surface area contributed by atoms with Gasteiger partial charge in [-0.25, -0.2) is 0 Å². The van der Waals surface area contributed by atoms with Gasteiger partial charge < -0.3 is 24.0 Å². The number of likely N-dealkylation sites (N-methyl/N-ethyl adjacent to an activating group) is 1. The van der Waals surface area contributed by atoms with Gasteiger partial charge in [-0.3, -0.25) is 4.79 Å². The van der Waals surface area contributed by atoms with Crippen molar-refractivity contribution in [2.45, 2.75) is 37.8 Å². The van der Waals surface area contributed by atoms with Crippen LogP contribution < -0.4 is 9.47 Å². The summed E-state index contributed by atoms with van der Waals surface area (Å²) in [4.78, 5) is 17.6. The Hall–Kier alpha value is -1.79. The molecule has 0 radical (unpaired) electrons. The number of ether oxygens (including phenoxy) is 3. The molecule has 2 aliphatic carbocycles. The summed E-state index contributed by atoms with van der Waals surface area (Å²) in [5.41, 5.74) is 0.580. The highest BCUT2D eigenvalue weighted by Gasteiger charge is 2.45. The second-order valence-corrected chi connectivity index (χ2v) is 9.11. The Morgan fingerprint density at radius 2 is 1.83 bits per heavy atom. The zero-order valence-corrected chi connectivity index (χ0v) is 18.1. The molecule has 0 bridgehead atoms. The molecule has 1 heterocycles. The van der Waals surface area contributed by atoms with Crippen molar-refractivity contribution in [3.8, 4) is 11.5 Å². The van der Waals surface area contributed by atoms with Gasteiger partial charge in [-0.05, 0) is 75.7 Å². The molecule has 2 saturated carbocycles. The zero-order valence-electron chi connectivity index (χ0n) is 18.1. The topological polar surface area (TPSA) is 51.2 Å². The monoisotopic (exact) mass is 402 g/mol. The molecule has 0 aromatic heterocycles. The molecule has 6 heteroatoms. The van der Waals surface area contributed by atoms with E-state index in [4.69, 9.17) is 14.2 Å². The minimum absolute atomic E-state index is 0.0343. The van der Waals surface area contributed by atoms with Gasteiger partial charge in [0.05, 0.1) is 25.9 Å². The normalized spacial score (nSPS) is 29.1. The second-order valence-electron chi connectivity index (χ2n) is 9.11. The maximum atomic E-state index is 13.3. The van der Waals surface area contributed by atoms with Crippen molar-refractivity contribution in [3.05, 3.63) is 23.8 Å². The first kappa shape index (κ1) is 20.5. The molecule has 160 valence electrons. The Balaban J connectivity index is 1.46. The number of hydrogen-bond donors (Lipinski definition) is 0. The van der Waals surface area contributed by atoms with Gasteiger partial charge in [0.1, 0.15) is 11.5 Å². The van der Waals surface area contributed by atoms with Gasteiger partial charge in [0, 0.05) is 25.7 Å². The van der Waals surface area contributed by atoms with E-state index in [2.05, 4.69) is 19.0 Å². The molecule has 1 amide bonds. The molecule has 4 atom stereocenters. The highest BCUT2D eigenvalue weighted by Crippen LogP contribution is 2.41. The van der Waals surface area contributed by atoms with Gasteiger partial charge in [-0.1, -0.05) is 0 Å². The second kappa shape index (κ2) is 8.52. The van der Waals surface area contributed by atoms with Crippen LogP contribution in [0.3, 0.4) is 0 Å². The number of fused-ring (bicyclic) bond motifs is 1. The molecule has 0 spiro atoms. The van der Waals surface area contributed by atoms with E-state index in [0.717, 1.165) is 38.5 Å². The third-order valence-corrected chi connectivity index (χ3v) is 6.92. The highest BCUT2D eigenvalue weighted by molar-refractivity contribution is 5.97. The molecule has 1 aliphatic heterocycles. The van der Waals surface area contributed by atoms with Gasteiger partial charge in [0.15, 0.2) is 0 Å². The van der Waals surface area contributed by atoms with E-state index in [-0.39, 0.29) is 12.0 Å². The number of methoxy groups -OCH3 is 2. The third kappa shape index (κ3) is 4.38. The molecular formula is C23H34N2O4. The van der Waals surface area contributed by atoms with Gasteiger partial charge in [-0.2, -0.15) is 0 Å². The van der Waals surface area contributed by atoms with E-state index in [0.29, 0.717) is 34.9 Å². The van der Waals surface area contributed by atoms with Crippen molar-refractivity contribution in [2.24, 2.45) is 17.8 Å². The van der Waals surface area contributed by atoms with E-state index in [1.54, 1.807) is 26.4 Å². The number of nitrogens with zero attached hydrogens (tertiary/aromatic N) is 2. The molecule has 3 aliphatic rings. The predicted molar refractivity (Wildman–Crippen MR) is 112 cm³/mol. The van der Waals surface area contributed by atoms with Crippen LogP contribution in [0.15, 0.2) is 18.2 Å². The Kier molecular flexibility index (Phi) is 6.02. The minimum atomic E-state index is 0.0343. The van der Waals surface area contributed by atoms with Crippen LogP contribution in [0.1, 0.15) is 36.0 Å². The summed E-state index contributed by atoms with van der Waals surface area (Å²) in [7, 11) is 7.52. The number of hydrogen-bond acceptors (Lipinski definition) is 5. The van der Waals surface area contributed by atoms with Crippen LogP contribution in [0.4, 0.5) is 0 Å². The predicted octanol–water partition coefficient (Wildman–Crippen LogP) is 2.91. The van der Waals surface area contributed by atoms with Crippen molar-refractivity contribution in [2.75, 3.05) is 48.0 Å². The average molecular weight is 403 g/mol. The third-order valence-electron chi connectivity index (χ3n) is 6.92. The van der Waals surface area contributed by atoms with E-state index in [1.165, 1.54) is 12.8 Å². The molecule has 0 unspecified atom stereocenters. The Morgan fingerprint density at radius 1 is 1.10 bits per heavy atom. The van der Waals surface area contributed by atoms with Gasteiger partial charge in [0.2, 0.25) is 0 Å². The van der Waals surface area contributed by atoms with Crippen molar-refractivity contribution in [1.29, 1.82) is 0 Å². The number of likely N-dealkylation sites (tertiary alicyclic amines) is 1. The highest BCUT2D eigenvalue weighted by atomic mass is 16.5. The number of benzene rings is 1. The number of amides is 1.